The number of nitrogens with one attached hydrogen (secondary N) is 1. The van der Waals surface area contributed by atoms with Gasteiger partial charge in [-0.25, -0.2) is 8.78 Å². The molecule has 0 aliphatic rings. The van der Waals surface area contributed by atoms with Crippen molar-refractivity contribution in [2.75, 3.05) is 6.54 Å². The third-order valence-corrected chi connectivity index (χ3v) is 1.90. The highest BCUT2D eigenvalue weighted by atomic mass is 19.2. The van der Waals surface area contributed by atoms with Gasteiger partial charge in [-0.05, 0) is 26.0 Å². The van der Waals surface area contributed by atoms with Crippen LogP contribution in [-0.4, -0.2) is 18.0 Å². The first-order valence-corrected chi connectivity index (χ1v) is 4.82. The maximum atomic E-state index is 13.2. The van der Waals surface area contributed by atoms with Gasteiger partial charge in [0, 0.05) is 12.1 Å². The quantitative estimate of drug-likeness (QED) is 0.822. The molecule has 0 unspecified atom stereocenters. The molecule has 0 aliphatic heterocycles. The van der Waals surface area contributed by atoms with Gasteiger partial charge in [0.1, 0.15) is 0 Å². The van der Waals surface area contributed by atoms with E-state index in [0.29, 0.717) is 0 Å². The zero-order valence-electron chi connectivity index (χ0n) is 9.18. The second-order valence-corrected chi connectivity index (χ2v) is 4.27. The number of rotatable bonds is 3. The van der Waals surface area contributed by atoms with Gasteiger partial charge in [-0.15, -0.1) is 0 Å². The molecule has 3 nitrogen and oxygen atoms in total. The highest BCUT2D eigenvalue weighted by Gasteiger charge is 2.17. The smallest absolute Gasteiger partial charge is 0.254 e. The lowest BCUT2D eigenvalue weighted by atomic mass is 10.1. The van der Waals surface area contributed by atoms with Crippen molar-refractivity contribution in [3.8, 4) is 0 Å². The number of hydrogen-bond acceptors (Lipinski definition) is 2. The van der Waals surface area contributed by atoms with Gasteiger partial charge in [0.2, 0.25) is 0 Å². The molecule has 1 aromatic rings. The Morgan fingerprint density at radius 3 is 2.62 bits per heavy atom. The van der Waals surface area contributed by atoms with Crippen LogP contribution >= 0.6 is 0 Å². The molecule has 88 valence electrons. The van der Waals surface area contributed by atoms with Crippen LogP contribution in [0.2, 0.25) is 0 Å². The van der Waals surface area contributed by atoms with Crippen LogP contribution in [0.5, 0.6) is 0 Å². The summed E-state index contributed by atoms with van der Waals surface area (Å²) in [5.74, 6) is -2.86. The Kier molecular flexibility index (Phi) is 3.59. The van der Waals surface area contributed by atoms with Crippen molar-refractivity contribution in [1.29, 1.82) is 0 Å². The summed E-state index contributed by atoms with van der Waals surface area (Å²) < 4.78 is 26.0. The molecule has 0 fully saturated rings. The van der Waals surface area contributed by atoms with E-state index in [1.807, 2.05) is 0 Å². The maximum Gasteiger partial charge on any atom is 0.254 e. The van der Waals surface area contributed by atoms with Crippen molar-refractivity contribution >= 4 is 5.91 Å². The van der Waals surface area contributed by atoms with Crippen molar-refractivity contribution in [2.45, 2.75) is 19.4 Å². The standard InChI is InChI=1S/C11H14F2N2O/c1-11(2,14)6-15-10(16)7-4-3-5-8(12)9(7)13/h3-5H,6,14H2,1-2H3,(H,15,16). The van der Waals surface area contributed by atoms with Gasteiger partial charge in [-0.1, -0.05) is 6.07 Å². The van der Waals surface area contributed by atoms with Crippen LogP contribution in [0, 0.1) is 11.6 Å². The normalized spacial score (nSPS) is 11.3. The van der Waals surface area contributed by atoms with Gasteiger partial charge in [-0.2, -0.15) is 0 Å². The molecule has 3 N–H and O–H groups in total. The summed E-state index contributed by atoms with van der Waals surface area (Å²) in [6, 6.07) is 3.46. The number of amides is 1. The molecule has 1 rings (SSSR count). The Labute approximate surface area is 92.6 Å². The van der Waals surface area contributed by atoms with E-state index in [2.05, 4.69) is 5.32 Å². The Morgan fingerprint density at radius 2 is 2.06 bits per heavy atom. The van der Waals surface area contributed by atoms with Crippen LogP contribution in [-0.2, 0) is 0 Å². The van der Waals surface area contributed by atoms with Gasteiger partial charge in [0.05, 0.1) is 5.56 Å². The fraction of sp³-hybridized carbons (Fsp3) is 0.364. The molecule has 0 saturated carbocycles. The molecule has 0 spiro atoms. The predicted molar refractivity (Wildman–Crippen MR) is 57.0 cm³/mol. The molecule has 0 radical (unpaired) electrons. The zero-order valence-corrected chi connectivity index (χ0v) is 9.18. The second-order valence-electron chi connectivity index (χ2n) is 4.27. The molecule has 0 saturated heterocycles. The molecule has 1 amide bonds. The highest BCUT2D eigenvalue weighted by molar-refractivity contribution is 5.94. The monoisotopic (exact) mass is 228 g/mol. The largest absolute Gasteiger partial charge is 0.350 e. The average Bonchev–Trinajstić information content (AvgIpc) is 2.17. The van der Waals surface area contributed by atoms with Crippen LogP contribution in [0.3, 0.4) is 0 Å². The van der Waals surface area contributed by atoms with Crippen molar-refractivity contribution in [3.05, 3.63) is 35.4 Å². The maximum absolute atomic E-state index is 13.2. The third kappa shape index (κ3) is 3.27. The number of nitrogens with two attached hydrogens (primary N) is 1. The lowest BCUT2D eigenvalue weighted by Crippen LogP contribution is -2.45. The third-order valence-electron chi connectivity index (χ3n) is 1.90. The summed E-state index contributed by atoms with van der Waals surface area (Å²) in [4.78, 5) is 11.5. The fourth-order valence-electron chi connectivity index (χ4n) is 1.08. The van der Waals surface area contributed by atoms with Crippen molar-refractivity contribution in [2.24, 2.45) is 5.73 Å². The Balaban J connectivity index is 2.78. The molecular weight excluding hydrogens is 214 g/mol. The molecule has 0 atom stereocenters. The summed E-state index contributed by atoms with van der Waals surface area (Å²) in [5, 5.41) is 2.44. The van der Waals surface area contributed by atoms with Gasteiger partial charge >= 0.3 is 0 Å². The second kappa shape index (κ2) is 4.57. The molecule has 0 aliphatic carbocycles. The van der Waals surface area contributed by atoms with Crippen LogP contribution < -0.4 is 11.1 Å². The van der Waals surface area contributed by atoms with Crippen molar-refractivity contribution < 1.29 is 13.6 Å². The van der Waals surface area contributed by atoms with E-state index in [1.165, 1.54) is 12.1 Å². The first-order valence-electron chi connectivity index (χ1n) is 4.82. The minimum absolute atomic E-state index is 0.182. The summed E-state index contributed by atoms with van der Waals surface area (Å²) in [6.07, 6.45) is 0. The number of carbonyl (C=O) groups is 1. The minimum atomic E-state index is -1.14. The van der Waals surface area contributed by atoms with E-state index >= 15 is 0 Å². The molecule has 0 heterocycles. The summed E-state index contributed by atoms with van der Waals surface area (Å²) in [5.41, 5.74) is 4.73. The Morgan fingerprint density at radius 1 is 1.44 bits per heavy atom. The van der Waals surface area contributed by atoms with E-state index in [9.17, 15) is 13.6 Å². The first-order chi connectivity index (χ1) is 7.31. The lowest BCUT2D eigenvalue weighted by molar-refractivity contribution is 0.0941. The van der Waals surface area contributed by atoms with Crippen LogP contribution in [0.25, 0.3) is 0 Å². The highest BCUT2D eigenvalue weighted by Crippen LogP contribution is 2.11. The topological polar surface area (TPSA) is 55.1 Å². The summed E-state index contributed by atoms with van der Waals surface area (Å²) in [7, 11) is 0. The molecular formula is C11H14F2N2O. The van der Waals surface area contributed by atoms with Gasteiger partial charge in [0.25, 0.3) is 5.91 Å². The minimum Gasteiger partial charge on any atom is -0.350 e. The number of hydrogen-bond donors (Lipinski definition) is 2. The Hall–Kier alpha value is -1.49. The number of carbonyl (C=O) groups excluding carboxylic acids is 1. The molecule has 0 bridgehead atoms. The van der Waals surface area contributed by atoms with Crippen molar-refractivity contribution in [1.82, 2.24) is 5.32 Å². The fourth-order valence-corrected chi connectivity index (χ4v) is 1.08. The number of benzene rings is 1. The first kappa shape index (κ1) is 12.6. The zero-order chi connectivity index (χ0) is 12.3. The van der Waals surface area contributed by atoms with Crippen LogP contribution in [0.1, 0.15) is 24.2 Å². The lowest BCUT2D eigenvalue weighted by Gasteiger charge is -2.18. The molecule has 0 aromatic heterocycles. The van der Waals surface area contributed by atoms with E-state index in [4.69, 9.17) is 5.73 Å². The van der Waals surface area contributed by atoms with Crippen molar-refractivity contribution in [3.63, 3.8) is 0 Å². The molecule has 16 heavy (non-hydrogen) atoms. The molecule has 1 aromatic carbocycles. The Bertz CT molecular complexity index is 399. The van der Waals surface area contributed by atoms with E-state index < -0.39 is 23.1 Å². The van der Waals surface area contributed by atoms with Gasteiger partial charge < -0.3 is 11.1 Å². The SMILES string of the molecule is CC(C)(N)CNC(=O)c1cccc(F)c1F. The van der Waals surface area contributed by atoms with Gasteiger partial charge in [0.15, 0.2) is 11.6 Å². The van der Waals surface area contributed by atoms with Gasteiger partial charge in [-0.3, -0.25) is 4.79 Å². The van der Waals surface area contributed by atoms with E-state index in [0.717, 1.165) is 6.07 Å². The molecule has 5 heteroatoms. The van der Waals surface area contributed by atoms with E-state index in [1.54, 1.807) is 13.8 Å². The van der Waals surface area contributed by atoms with Crippen LogP contribution in [0.4, 0.5) is 8.78 Å². The summed E-state index contributed by atoms with van der Waals surface area (Å²) in [6.45, 7) is 3.62. The van der Waals surface area contributed by atoms with E-state index in [-0.39, 0.29) is 12.1 Å². The number of halogens is 2. The average molecular weight is 228 g/mol. The van der Waals surface area contributed by atoms with Crippen LogP contribution in [0.15, 0.2) is 18.2 Å². The summed E-state index contributed by atoms with van der Waals surface area (Å²) >= 11 is 0. The predicted octanol–water partition coefficient (Wildman–Crippen LogP) is 1.43.